The highest BCUT2D eigenvalue weighted by Crippen LogP contribution is 2.30. The molecule has 0 bridgehead atoms. The number of aliphatic hydroxyl groups is 1. The van der Waals surface area contributed by atoms with Gasteiger partial charge in [0, 0.05) is 6.42 Å². The molecule has 2 aromatic carbocycles. The van der Waals surface area contributed by atoms with E-state index in [9.17, 15) is 33.0 Å². The fourth-order valence-electron chi connectivity index (χ4n) is 2.31. The molecule has 0 radical (unpaired) electrons. The minimum Gasteiger partial charge on any atom is -0.480 e. The highest BCUT2D eigenvalue weighted by atomic mass is 19.4. The Morgan fingerprint density at radius 2 is 1.58 bits per heavy atom. The second-order valence-corrected chi connectivity index (χ2v) is 5.61. The third kappa shape index (κ3) is 5.06. The molecule has 2 aromatic rings. The van der Waals surface area contributed by atoms with Gasteiger partial charge in [-0.25, -0.2) is 4.79 Å². The number of carbonyl (C=O) groups excluding carboxylic acids is 1. The Morgan fingerprint density at radius 1 is 1.00 bits per heavy atom. The lowest BCUT2D eigenvalue weighted by atomic mass is 10.0. The summed E-state index contributed by atoms with van der Waals surface area (Å²) < 4.78 is 37.6. The van der Waals surface area contributed by atoms with Crippen molar-refractivity contribution in [1.82, 2.24) is 5.32 Å². The topological polar surface area (TPSA) is 86.6 Å². The number of carboxylic acid groups (broad SMARTS) is 1. The average molecular weight is 367 g/mol. The highest BCUT2D eigenvalue weighted by Gasteiger charge is 2.31. The van der Waals surface area contributed by atoms with Crippen molar-refractivity contribution in [3.8, 4) is 0 Å². The summed E-state index contributed by atoms with van der Waals surface area (Å²) in [5.41, 5.74) is -0.315. The van der Waals surface area contributed by atoms with E-state index in [1.807, 2.05) is 0 Å². The van der Waals surface area contributed by atoms with E-state index in [0.29, 0.717) is 5.56 Å². The number of nitrogens with one attached hydrogen (secondary N) is 1. The zero-order valence-corrected chi connectivity index (χ0v) is 13.4. The SMILES string of the molecule is O=C(N[C@H](Cc1ccccc1)C(=O)O)[C@@H](O)c1ccc(C(F)(F)F)cc1. The number of hydrogen-bond acceptors (Lipinski definition) is 3. The lowest BCUT2D eigenvalue weighted by Crippen LogP contribution is -2.44. The van der Waals surface area contributed by atoms with Gasteiger partial charge in [-0.15, -0.1) is 0 Å². The van der Waals surface area contributed by atoms with Gasteiger partial charge in [-0.2, -0.15) is 13.2 Å². The Kier molecular flexibility index (Phi) is 5.99. The van der Waals surface area contributed by atoms with Crippen LogP contribution >= 0.6 is 0 Å². The summed E-state index contributed by atoms with van der Waals surface area (Å²) in [6, 6.07) is 10.7. The number of aliphatic carboxylic acids is 1. The second-order valence-electron chi connectivity index (χ2n) is 5.61. The van der Waals surface area contributed by atoms with Crippen LogP contribution in [0.5, 0.6) is 0 Å². The van der Waals surface area contributed by atoms with Crippen molar-refractivity contribution >= 4 is 11.9 Å². The Balaban J connectivity index is 2.07. The lowest BCUT2D eigenvalue weighted by Gasteiger charge is -2.18. The standard InChI is InChI=1S/C18H16F3NO4/c19-18(20,21)13-8-6-12(7-9-13)15(23)16(24)22-14(17(25)26)10-11-4-2-1-3-5-11/h1-9,14-15,23H,10H2,(H,22,24)(H,25,26)/t14-,15+/m1/s1. The number of hydrogen-bond donors (Lipinski definition) is 3. The van der Waals surface area contributed by atoms with E-state index < -0.39 is 35.8 Å². The molecule has 0 aliphatic carbocycles. The zero-order valence-electron chi connectivity index (χ0n) is 13.4. The molecule has 0 aromatic heterocycles. The Bertz CT molecular complexity index is 760. The minimum atomic E-state index is -4.53. The molecule has 2 rings (SSSR count). The molecule has 0 spiro atoms. The molecular formula is C18H16F3NO4. The number of aliphatic hydroxyl groups excluding tert-OH is 1. The molecule has 0 aliphatic heterocycles. The molecule has 0 heterocycles. The molecule has 0 saturated carbocycles. The quantitative estimate of drug-likeness (QED) is 0.732. The number of rotatable bonds is 6. The average Bonchev–Trinajstić information content (AvgIpc) is 2.60. The van der Waals surface area contributed by atoms with Crippen molar-refractivity contribution in [2.24, 2.45) is 0 Å². The normalized spacial score (nSPS) is 13.7. The van der Waals surface area contributed by atoms with Gasteiger partial charge in [-0.1, -0.05) is 42.5 Å². The number of alkyl halides is 3. The maximum Gasteiger partial charge on any atom is 0.416 e. The summed E-state index contributed by atoms with van der Waals surface area (Å²) in [6.45, 7) is 0. The van der Waals surface area contributed by atoms with E-state index in [0.717, 1.165) is 24.3 Å². The smallest absolute Gasteiger partial charge is 0.416 e. The van der Waals surface area contributed by atoms with Gasteiger partial charge >= 0.3 is 12.1 Å². The van der Waals surface area contributed by atoms with Crippen LogP contribution in [-0.2, 0) is 22.2 Å². The van der Waals surface area contributed by atoms with Crippen molar-refractivity contribution in [1.29, 1.82) is 0 Å². The molecule has 0 saturated heterocycles. The third-order valence-corrected chi connectivity index (χ3v) is 3.70. The van der Waals surface area contributed by atoms with Crippen LogP contribution < -0.4 is 5.32 Å². The molecular weight excluding hydrogens is 351 g/mol. The molecule has 8 heteroatoms. The van der Waals surface area contributed by atoms with E-state index in [4.69, 9.17) is 0 Å². The van der Waals surface area contributed by atoms with Crippen LogP contribution in [0.15, 0.2) is 54.6 Å². The lowest BCUT2D eigenvalue weighted by molar-refractivity contribution is -0.143. The summed E-state index contributed by atoms with van der Waals surface area (Å²) in [5.74, 6) is -2.30. The highest BCUT2D eigenvalue weighted by molar-refractivity contribution is 5.87. The van der Waals surface area contributed by atoms with Crippen molar-refractivity contribution in [3.05, 3.63) is 71.3 Å². The molecule has 0 unspecified atom stereocenters. The first-order valence-electron chi connectivity index (χ1n) is 7.61. The molecule has 3 N–H and O–H groups in total. The van der Waals surface area contributed by atoms with E-state index in [-0.39, 0.29) is 12.0 Å². The molecule has 138 valence electrons. The van der Waals surface area contributed by atoms with Crippen molar-refractivity contribution < 1.29 is 33.0 Å². The van der Waals surface area contributed by atoms with E-state index in [1.165, 1.54) is 0 Å². The molecule has 1 amide bonds. The first-order chi connectivity index (χ1) is 12.2. The van der Waals surface area contributed by atoms with Crippen molar-refractivity contribution in [2.75, 3.05) is 0 Å². The zero-order chi connectivity index (χ0) is 19.3. The van der Waals surface area contributed by atoms with Gasteiger partial charge in [-0.05, 0) is 23.3 Å². The summed E-state index contributed by atoms with van der Waals surface area (Å²) in [4.78, 5) is 23.4. The minimum absolute atomic E-state index is 0.00163. The summed E-state index contributed by atoms with van der Waals surface area (Å²) in [5, 5.41) is 21.4. The first-order valence-corrected chi connectivity index (χ1v) is 7.61. The molecule has 0 fully saturated rings. The van der Waals surface area contributed by atoms with Gasteiger partial charge in [0.05, 0.1) is 5.56 Å². The number of amides is 1. The van der Waals surface area contributed by atoms with Gasteiger partial charge in [-0.3, -0.25) is 4.79 Å². The van der Waals surface area contributed by atoms with Gasteiger partial charge in [0.2, 0.25) is 0 Å². The van der Waals surface area contributed by atoms with Crippen LogP contribution in [0, 0.1) is 0 Å². The molecule has 2 atom stereocenters. The molecule has 0 aliphatic rings. The number of carboxylic acids is 1. The van der Waals surface area contributed by atoms with Gasteiger partial charge in [0.15, 0.2) is 6.10 Å². The predicted octanol–water partition coefficient (Wildman–Crippen LogP) is 2.55. The number of carbonyl (C=O) groups is 2. The van der Waals surface area contributed by atoms with Gasteiger partial charge in [0.25, 0.3) is 5.91 Å². The fourth-order valence-corrected chi connectivity index (χ4v) is 2.31. The van der Waals surface area contributed by atoms with E-state index in [1.54, 1.807) is 30.3 Å². The van der Waals surface area contributed by atoms with Crippen molar-refractivity contribution in [2.45, 2.75) is 24.7 Å². The van der Waals surface area contributed by atoms with Crippen LogP contribution in [0.25, 0.3) is 0 Å². The van der Waals surface area contributed by atoms with Crippen LogP contribution in [0.1, 0.15) is 22.8 Å². The number of benzene rings is 2. The van der Waals surface area contributed by atoms with E-state index in [2.05, 4.69) is 5.32 Å². The maximum absolute atomic E-state index is 12.5. The Morgan fingerprint density at radius 3 is 2.08 bits per heavy atom. The van der Waals surface area contributed by atoms with E-state index >= 15 is 0 Å². The summed E-state index contributed by atoms with van der Waals surface area (Å²) in [7, 11) is 0. The summed E-state index contributed by atoms with van der Waals surface area (Å²) in [6.07, 6.45) is -6.31. The van der Waals surface area contributed by atoms with Gasteiger partial charge < -0.3 is 15.5 Å². The first kappa shape index (κ1) is 19.5. The monoisotopic (exact) mass is 367 g/mol. The van der Waals surface area contributed by atoms with Crippen LogP contribution in [0.3, 0.4) is 0 Å². The Labute approximate surface area is 147 Å². The second kappa shape index (κ2) is 8.01. The maximum atomic E-state index is 12.5. The van der Waals surface area contributed by atoms with Crippen LogP contribution in [-0.4, -0.2) is 28.1 Å². The van der Waals surface area contributed by atoms with Crippen LogP contribution in [0.2, 0.25) is 0 Å². The summed E-state index contributed by atoms with van der Waals surface area (Å²) >= 11 is 0. The predicted molar refractivity (Wildman–Crippen MR) is 86.1 cm³/mol. The largest absolute Gasteiger partial charge is 0.480 e. The van der Waals surface area contributed by atoms with Gasteiger partial charge in [0.1, 0.15) is 6.04 Å². The Hall–Kier alpha value is -2.87. The number of halogens is 3. The molecule has 26 heavy (non-hydrogen) atoms. The third-order valence-electron chi connectivity index (χ3n) is 3.70. The molecule has 5 nitrogen and oxygen atoms in total. The fraction of sp³-hybridized carbons (Fsp3) is 0.222. The van der Waals surface area contributed by atoms with Crippen LogP contribution in [0.4, 0.5) is 13.2 Å². The van der Waals surface area contributed by atoms with Crippen molar-refractivity contribution in [3.63, 3.8) is 0 Å².